The summed E-state index contributed by atoms with van der Waals surface area (Å²) in [6.45, 7) is 1.52. The van der Waals surface area contributed by atoms with E-state index in [4.69, 9.17) is 5.73 Å². The van der Waals surface area contributed by atoms with Crippen LogP contribution in [0.15, 0.2) is 17.5 Å². The molecule has 0 aliphatic carbocycles. The maximum Gasteiger partial charge on any atom is 0.264 e. The van der Waals surface area contributed by atoms with Crippen molar-refractivity contribution < 1.29 is 9.59 Å². The summed E-state index contributed by atoms with van der Waals surface area (Å²) < 4.78 is 0. The van der Waals surface area contributed by atoms with Crippen LogP contribution >= 0.6 is 23.7 Å². The molecule has 1 atom stereocenters. The third-order valence-electron chi connectivity index (χ3n) is 2.99. The summed E-state index contributed by atoms with van der Waals surface area (Å²) in [6.07, 6.45) is 1.60. The van der Waals surface area contributed by atoms with Gasteiger partial charge in [0, 0.05) is 19.6 Å². The topological polar surface area (TPSA) is 75.4 Å². The van der Waals surface area contributed by atoms with Gasteiger partial charge in [0.2, 0.25) is 5.91 Å². The zero-order valence-electron chi connectivity index (χ0n) is 10.5. The van der Waals surface area contributed by atoms with Gasteiger partial charge in [0.05, 0.1) is 4.88 Å². The predicted octanol–water partition coefficient (Wildman–Crippen LogP) is 0.849. The highest BCUT2D eigenvalue weighted by Crippen LogP contribution is 2.22. The van der Waals surface area contributed by atoms with E-state index >= 15 is 0 Å². The molecule has 1 fully saturated rings. The highest BCUT2D eigenvalue weighted by Gasteiger charge is 2.34. The molecular weight excluding hydrogens is 286 g/mol. The van der Waals surface area contributed by atoms with E-state index in [1.54, 1.807) is 11.0 Å². The number of carbonyl (C=O) groups excluding carboxylic acids is 2. The molecule has 19 heavy (non-hydrogen) atoms. The molecule has 5 nitrogen and oxygen atoms in total. The Balaban J connectivity index is 0.00000180. The van der Waals surface area contributed by atoms with Crippen LogP contribution in [-0.4, -0.2) is 42.4 Å². The number of hydrogen-bond donors (Lipinski definition) is 2. The van der Waals surface area contributed by atoms with E-state index < -0.39 is 0 Å². The molecule has 106 valence electrons. The van der Waals surface area contributed by atoms with Gasteiger partial charge in [0.15, 0.2) is 0 Å². The number of carbonyl (C=O) groups is 2. The van der Waals surface area contributed by atoms with Gasteiger partial charge in [-0.3, -0.25) is 9.59 Å². The largest absolute Gasteiger partial charge is 0.353 e. The summed E-state index contributed by atoms with van der Waals surface area (Å²) in [4.78, 5) is 26.5. The van der Waals surface area contributed by atoms with Crippen molar-refractivity contribution in [2.75, 3.05) is 19.6 Å². The van der Waals surface area contributed by atoms with Gasteiger partial charge in [-0.2, -0.15) is 0 Å². The highest BCUT2D eigenvalue weighted by atomic mass is 35.5. The minimum atomic E-state index is -0.342. The van der Waals surface area contributed by atoms with E-state index in [1.807, 2.05) is 11.4 Å². The predicted molar refractivity (Wildman–Crippen MR) is 77.7 cm³/mol. The molecule has 0 saturated carbocycles. The summed E-state index contributed by atoms with van der Waals surface area (Å²) in [6, 6.07) is 3.30. The Morgan fingerprint density at radius 1 is 1.53 bits per heavy atom. The fourth-order valence-corrected chi connectivity index (χ4v) is 2.82. The fourth-order valence-electron chi connectivity index (χ4n) is 2.14. The lowest BCUT2D eigenvalue weighted by Crippen LogP contribution is -2.46. The lowest BCUT2D eigenvalue weighted by molar-refractivity contribution is -0.124. The van der Waals surface area contributed by atoms with Crippen LogP contribution in [0.2, 0.25) is 0 Å². The average Bonchev–Trinajstić information content (AvgIpc) is 3.04. The van der Waals surface area contributed by atoms with Gasteiger partial charge in [0.1, 0.15) is 6.04 Å². The van der Waals surface area contributed by atoms with Crippen LogP contribution in [0, 0.1) is 0 Å². The molecule has 1 aliphatic rings. The molecule has 0 spiro atoms. The molecule has 0 radical (unpaired) electrons. The van der Waals surface area contributed by atoms with E-state index in [1.165, 1.54) is 11.3 Å². The molecule has 1 aliphatic heterocycles. The summed E-state index contributed by atoms with van der Waals surface area (Å²) in [7, 11) is 0. The maximum absolute atomic E-state index is 12.2. The van der Waals surface area contributed by atoms with Gasteiger partial charge in [-0.15, -0.1) is 23.7 Å². The molecule has 0 bridgehead atoms. The second-order valence-electron chi connectivity index (χ2n) is 4.21. The van der Waals surface area contributed by atoms with Gasteiger partial charge in [-0.25, -0.2) is 0 Å². The number of hydrogen-bond acceptors (Lipinski definition) is 4. The van der Waals surface area contributed by atoms with Gasteiger partial charge in [-0.05, 0) is 24.3 Å². The summed E-state index contributed by atoms with van der Waals surface area (Å²) in [5.74, 6) is -0.141. The van der Waals surface area contributed by atoms with Gasteiger partial charge >= 0.3 is 0 Å². The zero-order valence-corrected chi connectivity index (χ0v) is 12.1. The minimum absolute atomic E-state index is 0. The van der Waals surface area contributed by atoms with Gasteiger partial charge in [-0.1, -0.05) is 6.07 Å². The van der Waals surface area contributed by atoms with E-state index in [2.05, 4.69) is 5.32 Å². The van der Waals surface area contributed by atoms with Gasteiger partial charge < -0.3 is 16.0 Å². The summed E-state index contributed by atoms with van der Waals surface area (Å²) in [5, 5.41) is 4.62. The van der Waals surface area contributed by atoms with E-state index in [0.29, 0.717) is 24.5 Å². The zero-order chi connectivity index (χ0) is 13.0. The molecule has 1 aromatic heterocycles. The summed E-state index contributed by atoms with van der Waals surface area (Å²) in [5.41, 5.74) is 5.35. The lowest BCUT2D eigenvalue weighted by atomic mass is 10.2. The van der Waals surface area contributed by atoms with Crippen LogP contribution in [0.1, 0.15) is 22.5 Å². The molecule has 2 rings (SSSR count). The first kappa shape index (κ1) is 15.9. The van der Waals surface area contributed by atoms with Crippen molar-refractivity contribution in [2.45, 2.75) is 18.9 Å². The number of halogens is 1. The quantitative estimate of drug-likeness (QED) is 0.866. The van der Waals surface area contributed by atoms with Crippen molar-refractivity contribution >= 4 is 35.6 Å². The SMILES string of the molecule is Cl.NCCNC(=O)C1CCCN1C(=O)c1cccs1. The molecule has 2 amide bonds. The van der Waals surface area contributed by atoms with Crippen LogP contribution in [-0.2, 0) is 4.79 Å². The van der Waals surface area contributed by atoms with Crippen molar-refractivity contribution in [3.05, 3.63) is 22.4 Å². The fraction of sp³-hybridized carbons (Fsp3) is 0.500. The normalized spacial score (nSPS) is 17.9. The van der Waals surface area contributed by atoms with Crippen molar-refractivity contribution in [2.24, 2.45) is 5.73 Å². The van der Waals surface area contributed by atoms with E-state index in [-0.39, 0.29) is 30.3 Å². The van der Waals surface area contributed by atoms with Crippen LogP contribution in [0.3, 0.4) is 0 Å². The second kappa shape index (κ2) is 7.47. The standard InChI is InChI=1S/C12H17N3O2S.ClH/c13-5-6-14-11(16)9-3-1-7-15(9)12(17)10-4-2-8-18-10;/h2,4,8-9H,1,3,5-7,13H2,(H,14,16);1H. The van der Waals surface area contributed by atoms with Crippen molar-refractivity contribution in [3.63, 3.8) is 0 Å². The monoisotopic (exact) mass is 303 g/mol. The lowest BCUT2D eigenvalue weighted by Gasteiger charge is -2.23. The third kappa shape index (κ3) is 3.68. The van der Waals surface area contributed by atoms with Crippen LogP contribution in [0.5, 0.6) is 0 Å². The number of rotatable bonds is 4. The Morgan fingerprint density at radius 3 is 2.95 bits per heavy atom. The average molecular weight is 304 g/mol. The number of nitrogens with zero attached hydrogens (tertiary/aromatic N) is 1. The molecule has 3 N–H and O–H groups in total. The Hall–Kier alpha value is -1.11. The molecule has 1 saturated heterocycles. The Kier molecular flexibility index (Phi) is 6.27. The Morgan fingerprint density at radius 2 is 2.32 bits per heavy atom. The maximum atomic E-state index is 12.2. The Bertz CT molecular complexity index is 425. The summed E-state index contributed by atoms with van der Waals surface area (Å²) >= 11 is 1.41. The minimum Gasteiger partial charge on any atom is -0.353 e. The van der Waals surface area contributed by atoms with Crippen LogP contribution in [0.25, 0.3) is 0 Å². The number of likely N-dealkylation sites (tertiary alicyclic amines) is 1. The molecule has 1 aromatic rings. The second-order valence-corrected chi connectivity index (χ2v) is 5.16. The van der Waals surface area contributed by atoms with Crippen molar-refractivity contribution in [1.82, 2.24) is 10.2 Å². The van der Waals surface area contributed by atoms with Crippen LogP contribution < -0.4 is 11.1 Å². The molecule has 0 aromatic carbocycles. The molecule has 7 heteroatoms. The molecule has 1 unspecified atom stereocenters. The van der Waals surface area contributed by atoms with Gasteiger partial charge in [0.25, 0.3) is 5.91 Å². The number of amides is 2. The van der Waals surface area contributed by atoms with Crippen LogP contribution in [0.4, 0.5) is 0 Å². The number of thiophene rings is 1. The van der Waals surface area contributed by atoms with E-state index in [0.717, 1.165) is 12.8 Å². The first-order chi connectivity index (χ1) is 8.74. The number of nitrogens with two attached hydrogens (primary N) is 1. The molecular formula is C12H18ClN3O2S. The molecule has 2 heterocycles. The smallest absolute Gasteiger partial charge is 0.264 e. The number of nitrogens with one attached hydrogen (secondary N) is 1. The van der Waals surface area contributed by atoms with E-state index in [9.17, 15) is 9.59 Å². The highest BCUT2D eigenvalue weighted by molar-refractivity contribution is 7.12. The van der Waals surface area contributed by atoms with Crippen molar-refractivity contribution in [1.29, 1.82) is 0 Å². The van der Waals surface area contributed by atoms with Crippen molar-refractivity contribution in [3.8, 4) is 0 Å². The third-order valence-corrected chi connectivity index (χ3v) is 3.85. The Labute approximate surface area is 122 Å². The first-order valence-electron chi connectivity index (χ1n) is 6.06. The first-order valence-corrected chi connectivity index (χ1v) is 6.94.